The van der Waals surface area contributed by atoms with Gasteiger partial charge in [0.2, 0.25) is 0 Å². The first-order valence-electron chi connectivity index (χ1n) is 5.95. The fraction of sp³-hybridized carbons (Fsp3) is 0.333. The van der Waals surface area contributed by atoms with E-state index in [0.29, 0.717) is 13.2 Å². The third-order valence-electron chi connectivity index (χ3n) is 2.97. The zero-order valence-electron chi connectivity index (χ0n) is 10.2. The summed E-state index contributed by atoms with van der Waals surface area (Å²) in [6.07, 6.45) is 4.64. The van der Waals surface area contributed by atoms with Crippen molar-refractivity contribution in [3.63, 3.8) is 0 Å². The minimum Gasteiger partial charge on any atom is -0.478 e. The average Bonchev–Trinajstić information content (AvgIpc) is 2.98. The molecule has 1 aliphatic heterocycles. The van der Waals surface area contributed by atoms with E-state index in [1.54, 1.807) is 6.08 Å². The smallest absolute Gasteiger partial charge is 0.328 e. The molecule has 7 heteroatoms. The van der Waals surface area contributed by atoms with Gasteiger partial charge in [-0.15, -0.1) is 11.3 Å². The number of aliphatic carboxylic acids is 1. The maximum absolute atomic E-state index is 10.7. The number of morpholine rings is 1. The molecule has 100 valence electrons. The van der Waals surface area contributed by atoms with Crippen LogP contribution in [0.5, 0.6) is 0 Å². The molecule has 2 aromatic heterocycles. The average molecular weight is 279 g/mol. The molecule has 0 aromatic carbocycles. The highest BCUT2D eigenvalue weighted by molar-refractivity contribution is 7.15. The van der Waals surface area contributed by atoms with E-state index < -0.39 is 5.97 Å². The number of anilines is 1. The first-order chi connectivity index (χ1) is 9.25. The Hall–Kier alpha value is -1.86. The molecule has 3 heterocycles. The SMILES string of the molecule is O=C(O)/C=C/c1c(N2CCOCC2)nc2sccn12. The number of hydrogen-bond acceptors (Lipinski definition) is 5. The molecule has 0 saturated carbocycles. The van der Waals surface area contributed by atoms with Gasteiger partial charge in [-0.3, -0.25) is 4.40 Å². The van der Waals surface area contributed by atoms with Crippen LogP contribution < -0.4 is 4.90 Å². The molecule has 1 saturated heterocycles. The number of hydrogen-bond donors (Lipinski definition) is 1. The summed E-state index contributed by atoms with van der Waals surface area (Å²) in [7, 11) is 0. The standard InChI is InChI=1S/C12H13N3O3S/c16-10(17)2-1-9-11(14-3-6-18-7-4-14)13-12-15(9)5-8-19-12/h1-2,5,8H,3-4,6-7H2,(H,16,17)/b2-1+. The van der Waals surface area contributed by atoms with Crippen molar-refractivity contribution in [2.75, 3.05) is 31.2 Å². The number of fused-ring (bicyclic) bond motifs is 1. The van der Waals surface area contributed by atoms with Crippen molar-refractivity contribution >= 4 is 34.2 Å². The van der Waals surface area contributed by atoms with Crippen LogP contribution in [0.15, 0.2) is 17.7 Å². The predicted octanol–water partition coefficient (Wildman–Crippen LogP) is 1.33. The number of imidazole rings is 1. The van der Waals surface area contributed by atoms with Crippen molar-refractivity contribution in [2.45, 2.75) is 0 Å². The number of rotatable bonds is 3. The van der Waals surface area contributed by atoms with Gasteiger partial charge in [0.1, 0.15) is 0 Å². The Morgan fingerprint density at radius 2 is 2.26 bits per heavy atom. The summed E-state index contributed by atoms with van der Waals surface area (Å²) in [5, 5.41) is 10.7. The van der Waals surface area contributed by atoms with Crippen LogP contribution in [0.4, 0.5) is 5.82 Å². The maximum Gasteiger partial charge on any atom is 0.328 e. The molecule has 0 radical (unpaired) electrons. The van der Waals surface area contributed by atoms with E-state index in [2.05, 4.69) is 9.88 Å². The van der Waals surface area contributed by atoms with Gasteiger partial charge in [-0.2, -0.15) is 0 Å². The van der Waals surface area contributed by atoms with Gasteiger partial charge in [0.25, 0.3) is 0 Å². The molecule has 6 nitrogen and oxygen atoms in total. The number of ether oxygens (including phenoxy) is 1. The Bertz CT molecular complexity index is 625. The van der Waals surface area contributed by atoms with Crippen LogP contribution in [0.25, 0.3) is 11.0 Å². The Morgan fingerprint density at radius 1 is 1.47 bits per heavy atom. The Kier molecular flexibility index (Phi) is 3.22. The third-order valence-corrected chi connectivity index (χ3v) is 3.73. The highest BCUT2D eigenvalue weighted by atomic mass is 32.1. The number of carboxylic acids is 1. The number of nitrogens with zero attached hydrogens (tertiary/aromatic N) is 3. The molecular formula is C12H13N3O3S. The normalized spacial score (nSPS) is 16.5. The second-order valence-electron chi connectivity index (χ2n) is 4.15. The molecule has 0 aliphatic carbocycles. The molecule has 1 N–H and O–H groups in total. The number of carbonyl (C=O) groups is 1. The van der Waals surface area contributed by atoms with E-state index >= 15 is 0 Å². The van der Waals surface area contributed by atoms with Gasteiger partial charge in [-0.1, -0.05) is 0 Å². The van der Waals surface area contributed by atoms with E-state index in [4.69, 9.17) is 9.84 Å². The minimum absolute atomic E-state index is 0.674. The summed E-state index contributed by atoms with van der Waals surface area (Å²) in [5.41, 5.74) is 0.806. The zero-order valence-corrected chi connectivity index (χ0v) is 11.0. The molecule has 0 spiro atoms. The van der Waals surface area contributed by atoms with E-state index in [0.717, 1.165) is 35.6 Å². The summed E-state index contributed by atoms with van der Waals surface area (Å²) < 4.78 is 7.24. The van der Waals surface area contributed by atoms with Crippen LogP contribution >= 0.6 is 11.3 Å². The predicted molar refractivity (Wildman–Crippen MR) is 72.8 cm³/mol. The second-order valence-corrected chi connectivity index (χ2v) is 5.02. The van der Waals surface area contributed by atoms with E-state index in [1.807, 2.05) is 16.0 Å². The van der Waals surface area contributed by atoms with Crippen LogP contribution in [0, 0.1) is 0 Å². The topological polar surface area (TPSA) is 67.1 Å². The molecule has 3 rings (SSSR count). The number of carboxylic acid groups (broad SMARTS) is 1. The summed E-state index contributed by atoms with van der Waals surface area (Å²) in [6, 6.07) is 0. The van der Waals surface area contributed by atoms with Crippen molar-refractivity contribution in [2.24, 2.45) is 0 Å². The molecule has 1 fully saturated rings. The van der Waals surface area contributed by atoms with Crippen molar-refractivity contribution in [3.05, 3.63) is 23.3 Å². The Balaban J connectivity index is 2.04. The maximum atomic E-state index is 10.7. The lowest BCUT2D eigenvalue weighted by molar-refractivity contribution is -0.131. The fourth-order valence-electron chi connectivity index (χ4n) is 2.10. The summed E-state index contributed by atoms with van der Waals surface area (Å²) in [6.45, 7) is 2.90. The lowest BCUT2D eigenvalue weighted by Gasteiger charge is -2.27. The first kappa shape index (κ1) is 12.2. The summed E-state index contributed by atoms with van der Waals surface area (Å²) >= 11 is 1.53. The van der Waals surface area contributed by atoms with Crippen LogP contribution in [-0.2, 0) is 9.53 Å². The molecule has 2 aromatic rings. The quantitative estimate of drug-likeness (QED) is 0.859. The van der Waals surface area contributed by atoms with E-state index in [9.17, 15) is 4.79 Å². The van der Waals surface area contributed by atoms with E-state index in [-0.39, 0.29) is 0 Å². The second kappa shape index (κ2) is 5.02. The summed E-state index contributed by atoms with van der Waals surface area (Å²) in [5.74, 6) is -0.134. The van der Waals surface area contributed by atoms with E-state index in [1.165, 1.54) is 11.3 Å². The molecule has 0 unspecified atom stereocenters. The molecule has 0 bridgehead atoms. The number of aromatic nitrogens is 2. The third kappa shape index (κ3) is 2.34. The van der Waals surface area contributed by atoms with Crippen LogP contribution in [-0.4, -0.2) is 46.8 Å². The zero-order chi connectivity index (χ0) is 13.2. The van der Waals surface area contributed by atoms with Gasteiger partial charge >= 0.3 is 5.97 Å². The van der Waals surface area contributed by atoms with Gasteiger partial charge < -0.3 is 14.7 Å². The largest absolute Gasteiger partial charge is 0.478 e. The van der Waals surface area contributed by atoms with Crippen LogP contribution in [0.1, 0.15) is 5.69 Å². The van der Waals surface area contributed by atoms with Crippen molar-refractivity contribution < 1.29 is 14.6 Å². The van der Waals surface area contributed by atoms with Crippen LogP contribution in [0.3, 0.4) is 0 Å². The molecule has 19 heavy (non-hydrogen) atoms. The van der Waals surface area contributed by atoms with Gasteiger partial charge in [0, 0.05) is 30.7 Å². The Morgan fingerprint density at radius 3 is 3.00 bits per heavy atom. The monoisotopic (exact) mass is 279 g/mol. The van der Waals surface area contributed by atoms with Crippen molar-refractivity contribution in [1.29, 1.82) is 0 Å². The lowest BCUT2D eigenvalue weighted by Crippen LogP contribution is -2.36. The summed E-state index contributed by atoms with van der Waals surface area (Å²) in [4.78, 5) is 18.3. The van der Waals surface area contributed by atoms with Crippen molar-refractivity contribution in [3.8, 4) is 0 Å². The van der Waals surface area contributed by atoms with Gasteiger partial charge in [-0.05, 0) is 6.08 Å². The van der Waals surface area contributed by atoms with Gasteiger partial charge in [0.15, 0.2) is 10.8 Å². The molecule has 0 atom stereocenters. The van der Waals surface area contributed by atoms with Gasteiger partial charge in [0.05, 0.1) is 18.9 Å². The van der Waals surface area contributed by atoms with Crippen LogP contribution in [0.2, 0.25) is 0 Å². The fourth-order valence-corrected chi connectivity index (χ4v) is 2.82. The number of thiazole rings is 1. The Labute approximate surface area is 113 Å². The highest BCUT2D eigenvalue weighted by Gasteiger charge is 2.19. The lowest BCUT2D eigenvalue weighted by atomic mass is 10.3. The minimum atomic E-state index is -0.960. The van der Waals surface area contributed by atoms with Gasteiger partial charge in [-0.25, -0.2) is 9.78 Å². The molecular weight excluding hydrogens is 266 g/mol. The first-order valence-corrected chi connectivity index (χ1v) is 6.83. The van der Waals surface area contributed by atoms with Crippen molar-refractivity contribution in [1.82, 2.24) is 9.38 Å². The molecule has 0 amide bonds. The molecule has 1 aliphatic rings. The highest BCUT2D eigenvalue weighted by Crippen LogP contribution is 2.26.